The maximum atomic E-state index is 11.5. The molecule has 0 unspecified atom stereocenters. The fourth-order valence-electron chi connectivity index (χ4n) is 1.95. The summed E-state index contributed by atoms with van der Waals surface area (Å²) in [6.45, 7) is 2.45. The molecule has 0 amide bonds. The van der Waals surface area contributed by atoms with Crippen LogP contribution in [0.4, 0.5) is 5.82 Å². The van der Waals surface area contributed by atoms with Gasteiger partial charge in [0.1, 0.15) is 23.1 Å². The molecule has 6 heteroatoms. The molecule has 0 bridgehead atoms. The normalized spacial score (nSPS) is 10.2. The highest BCUT2D eigenvalue weighted by Crippen LogP contribution is 2.25. The Morgan fingerprint density at radius 1 is 1.24 bits per heavy atom. The second-order valence-corrected chi connectivity index (χ2v) is 4.46. The average molecular weight is 289 g/mol. The van der Waals surface area contributed by atoms with E-state index < -0.39 is 0 Å². The molecular weight excluding hydrogens is 270 g/mol. The molecule has 0 aliphatic rings. The van der Waals surface area contributed by atoms with Crippen molar-refractivity contribution in [3.8, 4) is 11.5 Å². The van der Waals surface area contributed by atoms with Crippen LogP contribution in [-0.2, 0) is 13.0 Å². The third-order valence-corrected chi connectivity index (χ3v) is 3.08. The van der Waals surface area contributed by atoms with Crippen molar-refractivity contribution < 1.29 is 9.47 Å². The first-order valence-electron chi connectivity index (χ1n) is 6.71. The Hall–Kier alpha value is -2.50. The summed E-state index contributed by atoms with van der Waals surface area (Å²) in [7, 11) is 3.22. The van der Waals surface area contributed by atoms with Crippen LogP contribution in [0.1, 0.15) is 18.3 Å². The Morgan fingerprint density at radius 3 is 2.71 bits per heavy atom. The number of hydrogen-bond acceptors (Lipinski definition) is 5. The van der Waals surface area contributed by atoms with E-state index in [1.165, 1.54) is 6.07 Å². The Kier molecular flexibility index (Phi) is 4.81. The first-order chi connectivity index (χ1) is 10.2. The van der Waals surface area contributed by atoms with Gasteiger partial charge in [-0.1, -0.05) is 6.92 Å². The van der Waals surface area contributed by atoms with Crippen LogP contribution in [0.2, 0.25) is 0 Å². The maximum Gasteiger partial charge on any atom is 0.252 e. The topological polar surface area (TPSA) is 76.2 Å². The quantitative estimate of drug-likeness (QED) is 0.850. The van der Waals surface area contributed by atoms with E-state index in [0.29, 0.717) is 24.6 Å². The molecular formula is C15H19N3O3. The Morgan fingerprint density at radius 2 is 2.05 bits per heavy atom. The first-order valence-corrected chi connectivity index (χ1v) is 6.71. The molecule has 6 nitrogen and oxygen atoms in total. The molecule has 2 aromatic rings. The van der Waals surface area contributed by atoms with Crippen LogP contribution in [0.5, 0.6) is 11.5 Å². The molecule has 2 N–H and O–H groups in total. The largest absolute Gasteiger partial charge is 0.497 e. The lowest BCUT2D eigenvalue weighted by Gasteiger charge is -2.12. The standard InChI is InChI=1S/C15H19N3O3/c1-4-13-17-14(8-15(19)18-13)16-9-10-5-6-11(20-2)7-12(10)21-3/h5-8H,4,9H2,1-3H3,(H2,16,17,18,19). The Bertz CT molecular complexity index is 667. The van der Waals surface area contributed by atoms with Crippen LogP contribution in [0.15, 0.2) is 29.1 Å². The molecule has 1 aromatic heterocycles. The highest BCUT2D eigenvalue weighted by atomic mass is 16.5. The minimum atomic E-state index is -0.161. The van der Waals surface area contributed by atoms with Crippen molar-refractivity contribution in [1.82, 2.24) is 9.97 Å². The Balaban J connectivity index is 2.16. The number of methoxy groups -OCH3 is 2. The van der Waals surface area contributed by atoms with Crippen LogP contribution in [0, 0.1) is 0 Å². The van der Waals surface area contributed by atoms with Crippen molar-refractivity contribution in [2.24, 2.45) is 0 Å². The van der Waals surface area contributed by atoms with Gasteiger partial charge in [-0.2, -0.15) is 0 Å². The van der Waals surface area contributed by atoms with E-state index in [1.54, 1.807) is 14.2 Å². The van der Waals surface area contributed by atoms with Gasteiger partial charge in [0.05, 0.1) is 14.2 Å². The van der Waals surface area contributed by atoms with Crippen LogP contribution >= 0.6 is 0 Å². The zero-order valence-corrected chi connectivity index (χ0v) is 12.4. The molecule has 0 spiro atoms. The molecule has 21 heavy (non-hydrogen) atoms. The van der Waals surface area contributed by atoms with E-state index in [-0.39, 0.29) is 5.56 Å². The van der Waals surface area contributed by atoms with Gasteiger partial charge in [-0.15, -0.1) is 0 Å². The van der Waals surface area contributed by atoms with Crippen molar-refractivity contribution in [1.29, 1.82) is 0 Å². The zero-order chi connectivity index (χ0) is 15.2. The van der Waals surface area contributed by atoms with Gasteiger partial charge in [0.25, 0.3) is 5.56 Å². The minimum Gasteiger partial charge on any atom is -0.497 e. The highest BCUT2D eigenvalue weighted by molar-refractivity contribution is 5.43. The van der Waals surface area contributed by atoms with Crippen molar-refractivity contribution >= 4 is 5.82 Å². The number of aromatic amines is 1. The summed E-state index contributed by atoms with van der Waals surface area (Å²) < 4.78 is 10.5. The summed E-state index contributed by atoms with van der Waals surface area (Å²) in [5.41, 5.74) is 0.796. The molecule has 0 atom stereocenters. The Labute approximate surface area is 123 Å². The number of aromatic nitrogens is 2. The second-order valence-electron chi connectivity index (χ2n) is 4.46. The third-order valence-electron chi connectivity index (χ3n) is 3.08. The number of H-pyrrole nitrogens is 1. The van der Waals surface area contributed by atoms with Gasteiger partial charge in [0, 0.05) is 30.7 Å². The smallest absolute Gasteiger partial charge is 0.252 e. The number of ether oxygens (including phenoxy) is 2. The van der Waals surface area contributed by atoms with Crippen LogP contribution in [0.3, 0.4) is 0 Å². The molecule has 112 valence electrons. The van der Waals surface area contributed by atoms with E-state index >= 15 is 0 Å². The van der Waals surface area contributed by atoms with E-state index in [4.69, 9.17) is 9.47 Å². The summed E-state index contributed by atoms with van der Waals surface area (Å²) in [5.74, 6) is 2.67. The first kappa shape index (κ1) is 14.9. The molecule has 0 radical (unpaired) electrons. The summed E-state index contributed by atoms with van der Waals surface area (Å²) in [6, 6.07) is 7.04. The third kappa shape index (κ3) is 3.75. The van der Waals surface area contributed by atoms with Gasteiger partial charge in [0.2, 0.25) is 0 Å². The molecule has 0 saturated carbocycles. The average Bonchev–Trinajstić information content (AvgIpc) is 2.52. The number of hydrogen-bond donors (Lipinski definition) is 2. The summed E-state index contributed by atoms with van der Waals surface area (Å²) in [6.07, 6.45) is 0.677. The summed E-state index contributed by atoms with van der Waals surface area (Å²) >= 11 is 0. The predicted octanol–water partition coefficient (Wildman–Crippen LogP) is 1.96. The molecule has 0 aliphatic heterocycles. The predicted molar refractivity (Wildman–Crippen MR) is 81.1 cm³/mol. The molecule has 1 heterocycles. The summed E-state index contributed by atoms with van der Waals surface area (Å²) in [5, 5.41) is 3.14. The molecule has 0 fully saturated rings. The number of nitrogens with one attached hydrogen (secondary N) is 2. The zero-order valence-electron chi connectivity index (χ0n) is 12.4. The number of benzene rings is 1. The van der Waals surface area contributed by atoms with Gasteiger partial charge in [-0.25, -0.2) is 4.98 Å². The summed E-state index contributed by atoms with van der Waals surface area (Å²) in [4.78, 5) is 18.5. The number of anilines is 1. The molecule has 2 rings (SSSR count). The van der Waals surface area contributed by atoms with Gasteiger partial charge < -0.3 is 19.8 Å². The maximum absolute atomic E-state index is 11.5. The van der Waals surface area contributed by atoms with E-state index in [9.17, 15) is 4.79 Å². The molecule has 0 saturated heterocycles. The van der Waals surface area contributed by atoms with Crippen molar-refractivity contribution in [2.45, 2.75) is 19.9 Å². The van der Waals surface area contributed by atoms with E-state index in [1.807, 2.05) is 25.1 Å². The highest BCUT2D eigenvalue weighted by Gasteiger charge is 2.06. The van der Waals surface area contributed by atoms with E-state index in [0.717, 1.165) is 17.1 Å². The second kappa shape index (κ2) is 6.78. The van der Waals surface area contributed by atoms with Crippen LogP contribution in [0.25, 0.3) is 0 Å². The fourth-order valence-corrected chi connectivity index (χ4v) is 1.95. The number of nitrogens with zero attached hydrogens (tertiary/aromatic N) is 1. The SMILES string of the molecule is CCc1nc(NCc2ccc(OC)cc2OC)cc(=O)[nH]1. The number of aryl methyl sites for hydroxylation is 1. The lowest BCUT2D eigenvalue weighted by molar-refractivity contribution is 0.391. The van der Waals surface area contributed by atoms with Gasteiger partial charge >= 0.3 is 0 Å². The molecule has 1 aromatic carbocycles. The molecule has 0 aliphatic carbocycles. The van der Waals surface area contributed by atoms with Gasteiger partial charge in [0.15, 0.2) is 0 Å². The van der Waals surface area contributed by atoms with Gasteiger partial charge in [-0.05, 0) is 12.1 Å². The minimum absolute atomic E-state index is 0.161. The van der Waals surface area contributed by atoms with Crippen molar-refractivity contribution in [2.75, 3.05) is 19.5 Å². The number of rotatable bonds is 6. The lowest BCUT2D eigenvalue weighted by atomic mass is 10.2. The lowest BCUT2D eigenvalue weighted by Crippen LogP contribution is -2.13. The van der Waals surface area contributed by atoms with Crippen LogP contribution < -0.4 is 20.3 Å². The van der Waals surface area contributed by atoms with Crippen molar-refractivity contribution in [3.05, 3.63) is 46.0 Å². The van der Waals surface area contributed by atoms with Gasteiger partial charge in [-0.3, -0.25) is 4.79 Å². The monoisotopic (exact) mass is 289 g/mol. The van der Waals surface area contributed by atoms with E-state index in [2.05, 4.69) is 15.3 Å². The van der Waals surface area contributed by atoms with Crippen LogP contribution in [-0.4, -0.2) is 24.2 Å². The van der Waals surface area contributed by atoms with Crippen molar-refractivity contribution in [3.63, 3.8) is 0 Å². The fraction of sp³-hybridized carbons (Fsp3) is 0.333.